The van der Waals surface area contributed by atoms with Crippen LogP contribution in [0.1, 0.15) is 21.8 Å². The van der Waals surface area contributed by atoms with Crippen LogP contribution in [0.25, 0.3) is 0 Å². The molecule has 2 fully saturated rings. The summed E-state index contributed by atoms with van der Waals surface area (Å²) in [4.78, 5) is 15.9. The third kappa shape index (κ3) is 2.61. The lowest BCUT2D eigenvalue weighted by Gasteiger charge is -2.35. The highest BCUT2D eigenvalue weighted by Gasteiger charge is 2.58. The average molecular weight is 356 g/mol. The van der Waals surface area contributed by atoms with Crippen LogP contribution in [0.5, 0.6) is 0 Å². The first-order chi connectivity index (χ1) is 11.7. The molecule has 2 aliphatic rings. The van der Waals surface area contributed by atoms with Crippen LogP contribution in [0.3, 0.4) is 0 Å². The van der Waals surface area contributed by atoms with Gasteiger partial charge in [0.05, 0.1) is 5.92 Å². The van der Waals surface area contributed by atoms with Crippen molar-refractivity contribution in [2.75, 3.05) is 25.1 Å². The minimum absolute atomic E-state index is 0.00944. The van der Waals surface area contributed by atoms with Gasteiger partial charge in [-0.05, 0) is 12.6 Å². The zero-order valence-electron chi connectivity index (χ0n) is 13.7. The Hall–Kier alpha value is -1.23. The zero-order valence-corrected chi connectivity index (χ0v) is 15.4. The van der Waals surface area contributed by atoms with E-state index in [0.717, 1.165) is 23.6 Å². The summed E-state index contributed by atoms with van der Waals surface area (Å²) >= 11 is 3.92. The summed E-state index contributed by atoms with van der Waals surface area (Å²) in [7, 11) is 2.18. The molecule has 2 nitrogen and oxygen atoms in total. The number of thioether (sulfide) groups is 2. The number of likely N-dealkylation sites (N-methyl/N-ethyl adjacent to an activating group) is 1. The molecule has 124 valence electrons. The summed E-state index contributed by atoms with van der Waals surface area (Å²) in [6.45, 7) is 0.938. The van der Waals surface area contributed by atoms with Gasteiger partial charge in [-0.1, -0.05) is 60.7 Å². The molecule has 0 aromatic heterocycles. The summed E-state index contributed by atoms with van der Waals surface area (Å²) < 4.78 is -0.118. The summed E-state index contributed by atoms with van der Waals surface area (Å²) in [6.07, 6.45) is 0. The van der Waals surface area contributed by atoms with Gasteiger partial charge < -0.3 is 0 Å². The Bertz CT molecular complexity index is 713. The molecule has 2 heterocycles. The predicted molar refractivity (Wildman–Crippen MR) is 104 cm³/mol. The number of hydrogen-bond acceptors (Lipinski definition) is 4. The molecule has 4 heteroatoms. The number of benzene rings is 2. The van der Waals surface area contributed by atoms with Gasteiger partial charge in [0.15, 0.2) is 5.78 Å². The van der Waals surface area contributed by atoms with E-state index in [1.54, 1.807) is 0 Å². The highest BCUT2D eigenvalue weighted by atomic mass is 32.2. The van der Waals surface area contributed by atoms with Gasteiger partial charge in [0, 0.05) is 29.5 Å². The van der Waals surface area contributed by atoms with Gasteiger partial charge in [0.25, 0.3) is 0 Å². The Balaban J connectivity index is 1.78. The van der Waals surface area contributed by atoms with Gasteiger partial charge in [-0.15, -0.1) is 23.5 Å². The van der Waals surface area contributed by atoms with Crippen molar-refractivity contribution in [1.82, 2.24) is 4.90 Å². The number of ketones is 1. The number of carbonyl (C=O) groups is 1. The van der Waals surface area contributed by atoms with Crippen LogP contribution in [-0.4, -0.2) is 40.0 Å². The summed E-state index contributed by atoms with van der Waals surface area (Å²) in [5.41, 5.74) is 2.12. The van der Waals surface area contributed by atoms with E-state index in [1.165, 1.54) is 5.56 Å². The van der Waals surface area contributed by atoms with Crippen LogP contribution in [0, 0.1) is 5.92 Å². The quantitative estimate of drug-likeness (QED) is 0.763. The van der Waals surface area contributed by atoms with Crippen LogP contribution in [0.15, 0.2) is 60.7 Å². The Morgan fingerprint density at radius 1 is 1.00 bits per heavy atom. The molecular formula is C20H21NOS2. The lowest BCUT2D eigenvalue weighted by Crippen LogP contribution is -2.41. The van der Waals surface area contributed by atoms with Gasteiger partial charge in [0.1, 0.15) is 4.20 Å². The molecule has 0 bridgehead atoms. The molecule has 1 spiro atoms. The van der Waals surface area contributed by atoms with Crippen molar-refractivity contribution >= 4 is 29.3 Å². The fourth-order valence-corrected chi connectivity index (χ4v) is 7.54. The summed E-state index contributed by atoms with van der Waals surface area (Å²) in [6, 6.07) is 20.4. The number of rotatable bonds is 3. The lowest BCUT2D eigenvalue weighted by atomic mass is 9.83. The second kappa shape index (κ2) is 6.58. The Labute approximate surface area is 152 Å². The molecule has 0 saturated carbocycles. The van der Waals surface area contributed by atoms with Crippen LogP contribution in [0.4, 0.5) is 0 Å². The van der Waals surface area contributed by atoms with Crippen molar-refractivity contribution in [3.63, 3.8) is 0 Å². The molecule has 2 aliphatic heterocycles. The smallest absolute Gasteiger partial charge is 0.170 e. The molecule has 2 aromatic carbocycles. The fourth-order valence-electron chi connectivity index (χ4n) is 3.97. The number of Topliss-reactive ketones (excluding diaryl/α,β-unsaturated/α-hetero) is 1. The number of likely N-dealkylation sites (tertiary alicyclic amines) is 1. The molecule has 0 N–H and O–H groups in total. The maximum Gasteiger partial charge on any atom is 0.170 e. The molecular weight excluding hydrogens is 334 g/mol. The SMILES string of the molecule is CN1C[C@@H](c2ccccc2)[C@H](C(=O)c2ccccc2)C12SCCS2. The molecule has 4 rings (SSSR count). The summed E-state index contributed by atoms with van der Waals surface area (Å²) in [5, 5.41) is 0. The molecule has 2 atom stereocenters. The highest BCUT2D eigenvalue weighted by Crippen LogP contribution is 2.59. The first kappa shape index (κ1) is 16.2. The number of nitrogens with zero attached hydrogens (tertiary/aromatic N) is 1. The van der Waals surface area contributed by atoms with E-state index in [4.69, 9.17) is 0 Å². The second-order valence-electron chi connectivity index (χ2n) is 6.43. The van der Waals surface area contributed by atoms with Crippen molar-refractivity contribution in [3.05, 3.63) is 71.8 Å². The second-order valence-corrected chi connectivity index (χ2v) is 9.33. The molecule has 0 aliphatic carbocycles. The van der Waals surface area contributed by atoms with E-state index in [2.05, 4.69) is 36.2 Å². The predicted octanol–water partition coefficient (Wildman–Crippen LogP) is 4.35. The number of hydrogen-bond donors (Lipinski definition) is 0. The molecule has 0 radical (unpaired) electrons. The van der Waals surface area contributed by atoms with Crippen molar-refractivity contribution < 1.29 is 4.79 Å². The lowest BCUT2D eigenvalue weighted by molar-refractivity contribution is 0.0899. The molecule has 2 saturated heterocycles. The first-order valence-electron chi connectivity index (χ1n) is 8.36. The Morgan fingerprint density at radius 3 is 2.21 bits per heavy atom. The van der Waals surface area contributed by atoms with E-state index in [-0.39, 0.29) is 21.8 Å². The van der Waals surface area contributed by atoms with Crippen molar-refractivity contribution in [2.45, 2.75) is 10.1 Å². The standard InChI is InChI=1S/C20H21NOS2/c1-21-14-17(15-8-4-2-5-9-15)18(20(21)23-12-13-24-20)19(22)16-10-6-3-7-11-16/h2-11,17-18H,12-14H2,1H3/t17-,18+/m0/s1. The third-order valence-electron chi connectivity index (χ3n) is 5.07. The Morgan fingerprint density at radius 2 is 1.58 bits per heavy atom. The molecule has 24 heavy (non-hydrogen) atoms. The van der Waals surface area contributed by atoms with E-state index < -0.39 is 0 Å². The minimum Gasteiger partial charge on any atom is -0.294 e. The van der Waals surface area contributed by atoms with E-state index in [0.29, 0.717) is 0 Å². The number of carbonyl (C=O) groups excluding carboxylic acids is 1. The van der Waals surface area contributed by atoms with Crippen LogP contribution >= 0.6 is 23.5 Å². The van der Waals surface area contributed by atoms with Crippen LogP contribution in [-0.2, 0) is 0 Å². The normalized spacial score (nSPS) is 26.0. The van der Waals surface area contributed by atoms with Crippen LogP contribution in [0.2, 0.25) is 0 Å². The van der Waals surface area contributed by atoms with Gasteiger partial charge in [-0.3, -0.25) is 9.69 Å². The van der Waals surface area contributed by atoms with E-state index in [9.17, 15) is 4.79 Å². The van der Waals surface area contributed by atoms with E-state index in [1.807, 2.05) is 59.9 Å². The van der Waals surface area contributed by atoms with Crippen molar-refractivity contribution in [2.24, 2.45) is 5.92 Å². The van der Waals surface area contributed by atoms with Gasteiger partial charge in [0.2, 0.25) is 0 Å². The van der Waals surface area contributed by atoms with Gasteiger partial charge in [-0.25, -0.2) is 0 Å². The average Bonchev–Trinajstić information content (AvgIpc) is 3.23. The van der Waals surface area contributed by atoms with Crippen molar-refractivity contribution in [3.8, 4) is 0 Å². The van der Waals surface area contributed by atoms with Crippen LogP contribution < -0.4 is 0 Å². The maximum absolute atomic E-state index is 13.5. The largest absolute Gasteiger partial charge is 0.294 e. The van der Waals surface area contributed by atoms with Crippen molar-refractivity contribution in [1.29, 1.82) is 0 Å². The van der Waals surface area contributed by atoms with Gasteiger partial charge in [-0.2, -0.15) is 0 Å². The monoisotopic (exact) mass is 355 g/mol. The highest BCUT2D eigenvalue weighted by molar-refractivity contribution is 8.21. The Kier molecular flexibility index (Phi) is 4.46. The van der Waals surface area contributed by atoms with Gasteiger partial charge >= 0.3 is 0 Å². The molecule has 0 amide bonds. The van der Waals surface area contributed by atoms with E-state index >= 15 is 0 Å². The third-order valence-corrected chi connectivity index (χ3v) is 8.81. The molecule has 0 unspecified atom stereocenters. The minimum atomic E-state index is -0.118. The summed E-state index contributed by atoms with van der Waals surface area (Å²) in [5.74, 6) is 2.77. The fraction of sp³-hybridized carbons (Fsp3) is 0.350. The molecule has 2 aromatic rings. The topological polar surface area (TPSA) is 20.3 Å². The first-order valence-corrected chi connectivity index (χ1v) is 10.3. The zero-order chi connectivity index (χ0) is 16.6. The maximum atomic E-state index is 13.5.